The Kier molecular flexibility index (Phi) is 9.49. The zero-order valence-corrected chi connectivity index (χ0v) is 34.8. The minimum absolute atomic E-state index is 0.598. The first-order valence-corrected chi connectivity index (χ1v) is 22.9. The van der Waals surface area contributed by atoms with Crippen LogP contribution in [0.3, 0.4) is 0 Å². The summed E-state index contributed by atoms with van der Waals surface area (Å²) in [5.41, 5.74) is 8.90. The van der Waals surface area contributed by atoms with E-state index >= 15 is 0 Å². The van der Waals surface area contributed by atoms with Crippen LogP contribution in [0, 0.1) is 0 Å². The maximum Gasteiger partial charge on any atom is 0.179 e. The highest BCUT2D eigenvalue weighted by Gasteiger charge is 2.41. The molecule has 62 heavy (non-hydrogen) atoms. The van der Waals surface area contributed by atoms with Gasteiger partial charge in [-0.05, 0) is 67.3 Å². The van der Waals surface area contributed by atoms with E-state index in [0.717, 1.165) is 55.3 Å². The average Bonchev–Trinajstić information content (AvgIpc) is 3.74. The van der Waals surface area contributed by atoms with Crippen LogP contribution in [0.15, 0.2) is 241 Å². The van der Waals surface area contributed by atoms with Gasteiger partial charge in [-0.15, -0.1) is 0 Å². The van der Waals surface area contributed by atoms with E-state index in [1.807, 2.05) is 72.8 Å². The van der Waals surface area contributed by atoms with Gasteiger partial charge in [0.15, 0.2) is 25.5 Å². The Hall–Kier alpha value is -7.99. The fourth-order valence-corrected chi connectivity index (χ4v) is 13.7. The highest BCUT2D eigenvalue weighted by Crippen LogP contribution is 2.39. The van der Waals surface area contributed by atoms with E-state index in [2.05, 4.69) is 164 Å². The van der Waals surface area contributed by atoms with Gasteiger partial charge in [0, 0.05) is 27.5 Å². The van der Waals surface area contributed by atoms with Gasteiger partial charge in [0.1, 0.15) is 11.2 Å². The number of rotatable bonds is 9. The molecule has 0 fully saturated rings. The second-order valence-corrected chi connectivity index (χ2v) is 19.3. The molecule has 2 heterocycles. The number of benzene rings is 9. The standard InChI is InChI=1S/C57H39N3OSi/c1-6-18-41(19-7-1)55-58-56(42-20-8-2-9-21-42)60-57(59-55)50-30-17-31-53-54(50)51-39-45(34-37-52(51)61-53)44-23-16-22-43(38-44)40-32-35-49(36-33-40)62(46-24-10-3-11-25-46,47-26-12-4-13-27-47)48-28-14-5-15-29-48/h1-39H. The lowest BCUT2D eigenvalue weighted by molar-refractivity contribution is 0.669. The molecule has 5 heteroatoms. The third kappa shape index (κ3) is 6.62. The molecule has 0 saturated heterocycles. The number of aromatic nitrogens is 3. The summed E-state index contributed by atoms with van der Waals surface area (Å²) in [5, 5.41) is 7.42. The molecule has 0 N–H and O–H groups in total. The monoisotopic (exact) mass is 809 g/mol. The molecule has 0 aliphatic rings. The first kappa shape index (κ1) is 37.0. The highest BCUT2D eigenvalue weighted by molar-refractivity contribution is 7.19. The molecular formula is C57H39N3OSi. The third-order valence-electron chi connectivity index (χ3n) is 11.9. The zero-order chi connectivity index (χ0) is 41.3. The Morgan fingerprint density at radius 1 is 0.290 bits per heavy atom. The topological polar surface area (TPSA) is 51.8 Å². The lowest BCUT2D eigenvalue weighted by Gasteiger charge is -2.34. The Morgan fingerprint density at radius 2 is 0.710 bits per heavy atom. The Morgan fingerprint density at radius 3 is 1.26 bits per heavy atom. The van der Waals surface area contributed by atoms with Gasteiger partial charge in [0.25, 0.3) is 0 Å². The highest BCUT2D eigenvalue weighted by atomic mass is 28.3. The van der Waals surface area contributed by atoms with Crippen molar-refractivity contribution in [3.63, 3.8) is 0 Å². The van der Waals surface area contributed by atoms with Crippen molar-refractivity contribution in [2.75, 3.05) is 0 Å². The third-order valence-corrected chi connectivity index (χ3v) is 16.7. The molecule has 0 aliphatic carbocycles. The van der Waals surface area contributed by atoms with Crippen LogP contribution in [0.2, 0.25) is 0 Å². The van der Waals surface area contributed by atoms with Crippen molar-refractivity contribution < 1.29 is 4.42 Å². The van der Waals surface area contributed by atoms with E-state index in [4.69, 9.17) is 19.4 Å². The quantitative estimate of drug-likeness (QED) is 0.108. The van der Waals surface area contributed by atoms with E-state index < -0.39 is 8.07 Å². The summed E-state index contributed by atoms with van der Waals surface area (Å²) >= 11 is 0. The summed E-state index contributed by atoms with van der Waals surface area (Å²) in [6, 6.07) is 84.1. The number of hydrogen-bond acceptors (Lipinski definition) is 4. The molecule has 9 aromatic carbocycles. The van der Waals surface area contributed by atoms with Crippen LogP contribution in [0.1, 0.15) is 0 Å². The largest absolute Gasteiger partial charge is 0.456 e. The number of nitrogens with zero attached hydrogens (tertiary/aromatic N) is 3. The minimum atomic E-state index is -2.62. The number of fused-ring (bicyclic) bond motifs is 3. The molecule has 0 atom stereocenters. The molecule has 0 amide bonds. The van der Waals surface area contributed by atoms with Crippen molar-refractivity contribution in [1.29, 1.82) is 0 Å². The molecule has 0 bridgehead atoms. The summed E-state index contributed by atoms with van der Waals surface area (Å²) in [4.78, 5) is 15.1. The predicted molar refractivity (Wildman–Crippen MR) is 258 cm³/mol. The lowest BCUT2D eigenvalue weighted by atomic mass is 9.97. The van der Waals surface area contributed by atoms with Crippen LogP contribution in [0.25, 0.3) is 78.4 Å². The second-order valence-electron chi connectivity index (χ2n) is 15.5. The van der Waals surface area contributed by atoms with Crippen molar-refractivity contribution in [3.05, 3.63) is 237 Å². The van der Waals surface area contributed by atoms with E-state index in [1.54, 1.807) is 0 Å². The van der Waals surface area contributed by atoms with E-state index in [-0.39, 0.29) is 0 Å². The van der Waals surface area contributed by atoms with Gasteiger partial charge in [-0.1, -0.05) is 212 Å². The van der Waals surface area contributed by atoms with Gasteiger partial charge in [-0.2, -0.15) is 0 Å². The van der Waals surface area contributed by atoms with Gasteiger partial charge in [0.05, 0.1) is 0 Å². The first-order chi connectivity index (χ1) is 30.7. The van der Waals surface area contributed by atoms with Crippen LogP contribution in [0.4, 0.5) is 0 Å². The van der Waals surface area contributed by atoms with E-state index in [1.165, 1.54) is 26.3 Å². The molecule has 0 radical (unpaired) electrons. The lowest BCUT2D eigenvalue weighted by Crippen LogP contribution is -2.74. The minimum Gasteiger partial charge on any atom is -0.456 e. The van der Waals surface area contributed by atoms with Crippen molar-refractivity contribution in [2.45, 2.75) is 0 Å². The summed E-state index contributed by atoms with van der Waals surface area (Å²) in [7, 11) is -2.62. The van der Waals surface area contributed by atoms with Crippen LogP contribution in [-0.4, -0.2) is 23.0 Å². The predicted octanol–water partition coefficient (Wildman–Crippen LogP) is 11.5. The van der Waals surface area contributed by atoms with Gasteiger partial charge < -0.3 is 4.42 Å². The summed E-state index contributed by atoms with van der Waals surface area (Å²) < 4.78 is 6.49. The maximum absolute atomic E-state index is 6.49. The van der Waals surface area contributed by atoms with Crippen molar-refractivity contribution in [2.24, 2.45) is 0 Å². The van der Waals surface area contributed by atoms with Crippen LogP contribution >= 0.6 is 0 Å². The van der Waals surface area contributed by atoms with Crippen LogP contribution < -0.4 is 20.7 Å². The number of hydrogen-bond donors (Lipinski definition) is 0. The normalized spacial score (nSPS) is 11.5. The molecule has 0 unspecified atom stereocenters. The molecular weight excluding hydrogens is 771 g/mol. The summed E-state index contributed by atoms with van der Waals surface area (Å²) in [5.74, 6) is 1.84. The van der Waals surface area contributed by atoms with Gasteiger partial charge >= 0.3 is 0 Å². The first-order valence-electron chi connectivity index (χ1n) is 20.9. The van der Waals surface area contributed by atoms with Crippen molar-refractivity contribution in [3.8, 4) is 56.4 Å². The molecule has 0 aliphatic heterocycles. The Bertz CT molecular complexity index is 3170. The van der Waals surface area contributed by atoms with Crippen molar-refractivity contribution >= 4 is 50.8 Å². The van der Waals surface area contributed by atoms with E-state index in [9.17, 15) is 0 Å². The van der Waals surface area contributed by atoms with Crippen molar-refractivity contribution in [1.82, 2.24) is 15.0 Å². The van der Waals surface area contributed by atoms with E-state index in [0.29, 0.717) is 17.5 Å². The van der Waals surface area contributed by atoms with Gasteiger partial charge in [-0.3, -0.25) is 0 Å². The molecule has 2 aromatic heterocycles. The average molecular weight is 810 g/mol. The van der Waals surface area contributed by atoms with Crippen LogP contribution in [0.5, 0.6) is 0 Å². The molecule has 292 valence electrons. The zero-order valence-electron chi connectivity index (χ0n) is 33.8. The fourth-order valence-electron chi connectivity index (χ4n) is 8.98. The second kappa shape index (κ2) is 15.9. The van der Waals surface area contributed by atoms with Gasteiger partial charge in [0.2, 0.25) is 0 Å². The molecule has 4 nitrogen and oxygen atoms in total. The Labute approximate surface area is 361 Å². The molecule has 11 aromatic rings. The number of furan rings is 1. The maximum atomic E-state index is 6.49. The molecule has 11 rings (SSSR count). The summed E-state index contributed by atoms with van der Waals surface area (Å²) in [6.07, 6.45) is 0. The van der Waals surface area contributed by atoms with Crippen LogP contribution in [-0.2, 0) is 0 Å². The summed E-state index contributed by atoms with van der Waals surface area (Å²) in [6.45, 7) is 0. The SMILES string of the molecule is c1ccc(-c2nc(-c3ccccc3)nc(-c3cccc4oc5ccc(-c6cccc(-c7ccc([Si](c8ccccc8)(c8ccccc8)c8ccccc8)cc7)c6)cc5c34)n2)cc1. The fraction of sp³-hybridized carbons (Fsp3) is 0. The molecule has 0 spiro atoms. The Balaban J connectivity index is 1.000. The van der Waals surface area contributed by atoms with Gasteiger partial charge in [-0.25, -0.2) is 15.0 Å². The molecule has 0 saturated carbocycles. The smallest absolute Gasteiger partial charge is 0.179 e.